The molecular formula is C19H19F2NO5S. The average Bonchev–Trinajstić information content (AvgIpc) is 3.01. The molecule has 0 aromatic heterocycles. The van der Waals surface area contributed by atoms with Gasteiger partial charge in [0.25, 0.3) is 5.91 Å². The van der Waals surface area contributed by atoms with Crippen LogP contribution in [0.25, 0.3) is 0 Å². The summed E-state index contributed by atoms with van der Waals surface area (Å²) in [6.45, 7) is 4.16. The number of amides is 1. The van der Waals surface area contributed by atoms with Gasteiger partial charge in [-0.25, -0.2) is 8.42 Å². The molecule has 2 aromatic rings. The number of hydrogen-bond acceptors (Lipinski definition) is 5. The summed E-state index contributed by atoms with van der Waals surface area (Å²) in [5.41, 5.74) is 1.50. The molecule has 0 saturated heterocycles. The molecule has 1 aliphatic heterocycles. The number of carbonyl (C=O) groups excluding carboxylic acids is 1. The van der Waals surface area contributed by atoms with Crippen molar-refractivity contribution >= 4 is 21.4 Å². The van der Waals surface area contributed by atoms with E-state index in [1.165, 1.54) is 12.1 Å². The Labute approximate surface area is 161 Å². The molecule has 0 unspecified atom stereocenters. The van der Waals surface area contributed by atoms with Crippen molar-refractivity contribution in [3.63, 3.8) is 0 Å². The van der Waals surface area contributed by atoms with E-state index in [-0.39, 0.29) is 11.7 Å². The van der Waals surface area contributed by atoms with Gasteiger partial charge in [-0.2, -0.15) is 8.78 Å². The van der Waals surface area contributed by atoms with Crippen LogP contribution in [0.3, 0.4) is 0 Å². The van der Waals surface area contributed by atoms with Crippen LogP contribution < -0.4 is 14.8 Å². The van der Waals surface area contributed by atoms with Gasteiger partial charge < -0.3 is 14.8 Å². The first-order valence-corrected chi connectivity index (χ1v) is 10.2. The number of fused-ring (bicyclic) bond motifs is 1. The molecule has 2 aromatic carbocycles. The second-order valence-electron chi connectivity index (χ2n) is 6.31. The summed E-state index contributed by atoms with van der Waals surface area (Å²) in [5.74, 6) is -2.91. The number of benzene rings is 2. The summed E-state index contributed by atoms with van der Waals surface area (Å²) in [4.78, 5) is 12.0. The Balaban J connectivity index is 1.84. The second kappa shape index (κ2) is 7.75. The maximum Gasteiger partial charge on any atom is 0.341 e. The number of hydrogen-bond donors (Lipinski definition) is 1. The zero-order valence-corrected chi connectivity index (χ0v) is 16.1. The molecule has 0 aliphatic carbocycles. The van der Waals surface area contributed by atoms with Crippen molar-refractivity contribution in [2.45, 2.75) is 37.0 Å². The third kappa shape index (κ3) is 3.94. The predicted molar refractivity (Wildman–Crippen MR) is 99.0 cm³/mol. The van der Waals surface area contributed by atoms with Gasteiger partial charge in [0.15, 0.2) is 0 Å². The lowest BCUT2D eigenvalue weighted by molar-refractivity contribution is 0.102. The fraction of sp³-hybridized carbons (Fsp3) is 0.316. The molecule has 0 bridgehead atoms. The standard InChI is InChI=1S/C19H19F2NO5S/c1-3-26-17-9-13-8-11(2)27-16(13)10-15(17)22-18(23)12-4-6-14(7-5-12)28(24,25)19(20)21/h4-7,9-11,19H,3,8H2,1-2H3,(H,22,23)/t11-/m0/s1. The molecule has 150 valence electrons. The molecule has 1 amide bonds. The number of anilines is 1. The molecule has 1 atom stereocenters. The van der Waals surface area contributed by atoms with Gasteiger partial charge in [-0.05, 0) is 44.2 Å². The second-order valence-corrected chi connectivity index (χ2v) is 8.22. The molecule has 9 heteroatoms. The molecule has 0 saturated carbocycles. The molecule has 0 radical (unpaired) electrons. The lowest BCUT2D eigenvalue weighted by atomic mass is 10.1. The Hall–Kier alpha value is -2.68. The van der Waals surface area contributed by atoms with Gasteiger partial charge in [-0.1, -0.05) is 0 Å². The highest BCUT2D eigenvalue weighted by atomic mass is 32.2. The minimum absolute atomic E-state index is 0.0276. The largest absolute Gasteiger partial charge is 0.492 e. The van der Waals surface area contributed by atoms with Crippen LogP contribution in [-0.2, 0) is 16.3 Å². The van der Waals surface area contributed by atoms with Crippen molar-refractivity contribution in [1.82, 2.24) is 0 Å². The maximum absolute atomic E-state index is 12.6. The summed E-state index contributed by atoms with van der Waals surface area (Å²) in [5, 5.41) is 2.70. The SMILES string of the molecule is CCOc1cc2c(cc1NC(=O)c1ccc(S(=O)(=O)C(F)F)cc1)O[C@@H](C)C2. The maximum atomic E-state index is 12.6. The van der Waals surface area contributed by atoms with Gasteiger partial charge in [-0.3, -0.25) is 4.79 Å². The van der Waals surface area contributed by atoms with Crippen LogP contribution in [0.2, 0.25) is 0 Å². The summed E-state index contributed by atoms with van der Waals surface area (Å²) in [6.07, 6.45) is 0.767. The fourth-order valence-electron chi connectivity index (χ4n) is 2.91. The molecule has 0 fully saturated rings. The summed E-state index contributed by atoms with van der Waals surface area (Å²) < 4.78 is 59.5. The lowest BCUT2D eigenvalue weighted by Gasteiger charge is -2.14. The van der Waals surface area contributed by atoms with Gasteiger partial charge in [0.2, 0.25) is 9.84 Å². The van der Waals surface area contributed by atoms with E-state index in [2.05, 4.69) is 5.32 Å². The van der Waals surface area contributed by atoms with Gasteiger partial charge in [0.05, 0.1) is 17.2 Å². The van der Waals surface area contributed by atoms with Crippen LogP contribution in [0.4, 0.5) is 14.5 Å². The Morgan fingerprint density at radius 2 is 1.96 bits per heavy atom. The van der Waals surface area contributed by atoms with Crippen molar-refractivity contribution in [2.75, 3.05) is 11.9 Å². The molecule has 1 aliphatic rings. The van der Waals surface area contributed by atoms with E-state index in [1.807, 2.05) is 19.9 Å². The Kier molecular flexibility index (Phi) is 5.55. The number of carbonyl (C=O) groups is 1. The fourth-order valence-corrected chi connectivity index (χ4v) is 3.63. The number of nitrogens with one attached hydrogen (secondary N) is 1. The van der Waals surface area contributed by atoms with Crippen LogP contribution in [0.1, 0.15) is 29.8 Å². The first-order valence-electron chi connectivity index (χ1n) is 8.62. The van der Waals surface area contributed by atoms with Crippen LogP contribution in [0.5, 0.6) is 11.5 Å². The topological polar surface area (TPSA) is 81.7 Å². The monoisotopic (exact) mass is 411 g/mol. The highest BCUT2D eigenvalue weighted by Gasteiger charge is 2.27. The molecule has 0 spiro atoms. The van der Waals surface area contributed by atoms with Gasteiger partial charge >= 0.3 is 5.76 Å². The van der Waals surface area contributed by atoms with Crippen molar-refractivity contribution in [2.24, 2.45) is 0 Å². The van der Waals surface area contributed by atoms with E-state index in [0.717, 1.165) is 24.1 Å². The normalized spacial score (nSPS) is 15.8. The van der Waals surface area contributed by atoms with Crippen molar-refractivity contribution < 1.29 is 31.5 Å². The van der Waals surface area contributed by atoms with Crippen LogP contribution in [0.15, 0.2) is 41.3 Å². The quantitative estimate of drug-likeness (QED) is 0.785. The Morgan fingerprint density at radius 3 is 2.57 bits per heavy atom. The molecule has 1 heterocycles. The lowest BCUT2D eigenvalue weighted by Crippen LogP contribution is -2.14. The summed E-state index contributed by atoms with van der Waals surface area (Å²) in [7, 11) is -4.71. The molecule has 28 heavy (non-hydrogen) atoms. The van der Waals surface area contributed by atoms with Crippen molar-refractivity contribution in [1.29, 1.82) is 0 Å². The minimum atomic E-state index is -4.71. The molecule has 3 rings (SSSR count). The van der Waals surface area contributed by atoms with Crippen molar-refractivity contribution in [3.05, 3.63) is 47.5 Å². The van der Waals surface area contributed by atoms with E-state index in [9.17, 15) is 22.0 Å². The van der Waals surface area contributed by atoms with Crippen LogP contribution >= 0.6 is 0 Å². The summed E-state index contributed by atoms with van der Waals surface area (Å²) >= 11 is 0. The van der Waals surface area contributed by atoms with Crippen LogP contribution in [-0.4, -0.2) is 32.8 Å². The Morgan fingerprint density at radius 1 is 1.29 bits per heavy atom. The highest BCUT2D eigenvalue weighted by molar-refractivity contribution is 7.91. The number of ether oxygens (including phenoxy) is 2. The number of rotatable bonds is 6. The summed E-state index contributed by atoms with van der Waals surface area (Å²) in [6, 6.07) is 7.81. The minimum Gasteiger partial charge on any atom is -0.492 e. The Bertz CT molecular complexity index is 990. The smallest absolute Gasteiger partial charge is 0.341 e. The first-order chi connectivity index (χ1) is 13.2. The van der Waals surface area contributed by atoms with E-state index in [0.29, 0.717) is 23.8 Å². The third-order valence-electron chi connectivity index (χ3n) is 4.23. The zero-order valence-electron chi connectivity index (χ0n) is 15.2. The van der Waals surface area contributed by atoms with E-state index in [1.54, 1.807) is 6.07 Å². The van der Waals surface area contributed by atoms with Gasteiger partial charge in [0.1, 0.15) is 17.6 Å². The predicted octanol–water partition coefficient (Wildman–Crippen LogP) is 3.66. The number of sulfone groups is 1. The van der Waals surface area contributed by atoms with E-state index >= 15 is 0 Å². The molecule has 1 N–H and O–H groups in total. The number of halogens is 2. The third-order valence-corrected chi connectivity index (χ3v) is 5.62. The van der Waals surface area contributed by atoms with E-state index in [4.69, 9.17) is 9.47 Å². The molecular weight excluding hydrogens is 392 g/mol. The highest BCUT2D eigenvalue weighted by Crippen LogP contribution is 2.38. The first kappa shape index (κ1) is 20.1. The molecule has 6 nitrogen and oxygen atoms in total. The van der Waals surface area contributed by atoms with E-state index < -0.39 is 26.4 Å². The van der Waals surface area contributed by atoms with Crippen molar-refractivity contribution in [3.8, 4) is 11.5 Å². The zero-order chi connectivity index (χ0) is 20.5. The average molecular weight is 411 g/mol. The van der Waals surface area contributed by atoms with Gasteiger partial charge in [-0.15, -0.1) is 0 Å². The van der Waals surface area contributed by atoms with Crippen LogP contribution in [0, 0.1) is 0 Å². The van der Waals surface area contributed by atoms with Gasteiger partial charge in [0, 0.05) is 23.6 Å². The number of alkyl halides is 2.